The predicted molar refractivity (Wildman–Crippen MR) is 154 cm³/mol. The molecule has 0 aliphatic carbocycles. The standard InChI is InChI=1S/C34H30N2/c1-3-25(2)26-18-20-29(21-19-26)35(27-12-6-4-7-13-27)30-22-23-34-32(24-30)31-16-10-11-17-33(31)36(34)28-14-8-5-9-15-28/h4-25H,3H2,1-2H3. The van der Waals surface area contributed by atoms with Crippen molar-refractivity contribution >= 4 is 38.9 Å². The summed E-state index contributed by atoms with van der Waals surface area (Å²) in [5.74, 6) is 0.560. The van der Waals surface area contributed by atoms with E-state index in [-0.39, 0.29) is 0 Å². The van der Waals surface area contributed by atoms with Gasteiger partial charge in [-0.05, 0) is 78.6 Å². The maximum Gasteiger partial charge on any atom is 0.0542 e. The Labute approximate surface area is 213 Å². The highest BCUT2D eigenvalue weighted by atomic mass is 15.1. The minimum absolute atomic E-state index is 0.560. The lowest BCUT2D eigenvalue weighted by Crippen LogP contribution is -2.10. The third-order valence-corrected chi connectivity index (χ3v) is 7.28. The average molecular weight is 467 g/mol. The van der Waals surface area contributed by atoms with Gasteiger partial charge in [-0.2, -0.15) is 0 Å². The Morgan fingerprint density at radius 1 is 0.583 bits per heavy atom. The molecule has 1 heterocycles. The molecule has 2 heteroatoms. The number of hydrogen-bond acceptors (Lipinski definition) is 1. The number of para-hydroxylation sites is 3. The Morgan fingerprint density at radius 2 is 1.17 bits per heavy atom. The molecule has 0 spiro atoms. The summed E-state index contributed by atoms with van der Waals surface area (Å²) in [6.45, 7) is 4.54. The van der Waals surface area contributed by atoms with E-state index in [1.165, 1.54) is 38.7 Å². The summed E-state index contributed by atoms with van der Waals surface area (Å²) in [5.41, 5.74) is 8.47. The quantitative estimate of drug-likeness (QED) is 0.237. The molecule has 0 fully saturated rings. The van der Waals surface area contributed by atoms with Gasteiger partial charge in [0.15, 0.2) is 0 Å². The lowest BCUT2D eigenvalue weighted by Gasteiger charge is -2.26. The zero-order chi connectivity index (χ0) is 24.5. The second-order valence-electron chi connectivity index (χ2n) is 9.46. The molecule has 5 aromatic carbocycles. The SMILES string of the molecule is CCC(C)c1ccc(N(c2ccccc2)c2ccc3c(c2)c2ccccc2n3-c2ccccc2)cc1. The molecule has 6 aromatic rings. The second-order valence-corrected chi connectivity index (χ2v) is 9.46. The minimum atomic E-state index is 0.560. The Balaban J connectivity index is 1.55. The highest BCUT2D eigenvalue weighted by Gasteiger charge is 2.17. The molecule has 0 aliphatic rings. The Morgan fingerprint density at radius 3 is 1.89 bits per heavy atom. The van der Waals surface area contributed by atoms with Gasteiger partial charge in [-0.1, -0.05) is 80.6 Å². The predicted octanol–water partition coefficient (Wildman–Crippen LogP) is 9.77. The van der Waals surface area contributed by atoms with Crippen LogP contribution in [0.3, 0.4) is 0 Å². The Kier molecular flexibility index (Phi) is 5.79. The number of nitrogens with zero attached hydrogens (tertiary/aromatic N) is 2. The van der Waals surface area contributed by atoms with E-state index in [0.29, 0.717) is 5.92 Å². The lowest BCUT2D eigenvalue weighted by molar-refractivity contribution is 0.733. The van der Waals surface area contributed by atoms with E-state index in [1.54, 1.807) is 0 Å². The zero-order valence-corrected chi connectivity index (χ0v) is 20.8. The number of hydrogen-bond donors (Lipinski definition) is 0. The van der Waals surface area contributed by atoms with Gasteiger partial charge in [-0.3, -0.25) is 0 Å². The van der Waals surface area contributed by atoms with Gasteiger partial charge < -0.3 is 9.47 Å². The van der Waals surface area contributed by atoms with Crippen LogP contribution >= 0.6 is 0 Å². The number of anilines is 3. The van der Waals surface area contributed by atoms with Crippen molar-refractivity contribution in [1.82, 2.24) is 4.57 Å². The van der Waals surface area contributed by atoms with Gasteiger partial charge in [0.1, 0.15) is 0 Å². The molecule has 36 heavy (non-hydrogen) atoms. The molecule has 0 saturated heterocycles. The van der Waals surface area contributed by atoms with Crippen molar-refractivity contribution in [3.63, 3.8) is 0 Å². The normalized spacial score (nSPS) is 12.2. The van der Waals surface area contributed by atoms with E-state index < -0.39 is 0 Å². The smallest absolute Gasteiger partial charge is 0.0542 e. The fourth-order valence-electron chi connectivity index (χ4n) is 5.17. The molecule has 0 N–H and O–H groups in total. The molecule has 1 aromatic heterocycles. The maximum absolute atomic E-state index is 2.36. The Bertz CT molecular complexity index is 1610. The first kappa shape index (κ1) is 22.2. The van der Waals surface area contributed by atoms with Crippen LogP contribution in [0.1, 0.15) is 31.7 Å². The van der Waals surface area contributed by atoms with Crippen LogP contribution in [0.25, 0.3) is 27.5 Å². The summed E-state index contributed by atoms with van der Waals surface area (Å²) in [6.07, 6.45) is 1.14. The molecule has 176 valence electrons. The molecular formula is C34H30N2. The molecule has 1 atom stereocenters. The van der Waals surface area contributed by atoms with Gasteiger partial charge >= 0.3 is 0 Å². The first-order valence-electron chi connectivity index (χ1n) is 12.8. The summed E-state index contributed by atoms with van der Waals surface area (Å²) < 4.78 is 2.36. The zero-order valence-electron chi connectivity index (χ0n) is 20.8. The first-order valence-corrected chi connectivity index (χ1v) is 12.8. The van der Waals surface area contributed by atoms with Gasteiger partial charge in [-0.15, -0.1) is 0 Å². The van der Waals surface area contributed by atoms with E-state index in [4.69, 9.17) is 0 Å². The molecule has 0 saturated carbocycles. The highest BCUT2D eigenvalue weighted by Crippen LogP contribution is 2.39. The molecule has 0 amide bonds. The van der Waals surface area contributed by atoms with Crippen molar-refractivity contribution in [2.24, 2.45) is 0 Å². The lowest BCUT2D eigenvalue weighted by atomic mass is 9.98. The third kappa shape index (κ3) is 3.85. The van der Waals surface area contributed by atoms with Gasteiger partial charge in [0, 0.05) is 33.5 Å². The third-order valence-electron chi connectivity index (χ3n) is 7.28. The van der Waals surface area contributed by atoms with Crippen LogP contribution in [0.15, 0.2) is 127 Å². The largest absolute Gasteiger partial charge is 0.310 e. The van der Waals surface area contributed by atoms with Crippen molar-refractivity contribution in [3.05, 3.63) is 133 Å². The van der Waals surface area contributed by atoms with Crippen molar-refractivity contribution in [3.8, 4) is 5.69 Å². The molecule has 0 bridgehead atoms. The van der Waals surface area contributed by atoms with Crippen molar-refractivity contribution in [1.29, 1.82) is 0 Å². The molecule has 1 unspecified atom stereocenters. The summed E-state index contributed by atoms with van der Waals surface area (Å²) in [7, 11) is 0. The summed E-state index contributed by atoms with van der Waals surface area (Å²) in [6, 6.07) is 45.9. The van der Waals surface area contributed by atoms with Crippen LogP contribution in [0.4, 0.5) is 17.1 Å². The van der Waals surface area contributed by atoms with Crippen molar-refractivity contribution < 1.29 is 0 Å². The fourth-order valence-corrected chi connectivity index (χ4v) is 5.17. The van der Waals surface area contributed by atoms with Crippen LogP contribution in [0.5, 0.6) is 0 Å². The minimum Gasteiger partial charge on any atom is -0.310 e. The molecule has 0 radical (unpaired) electrons. The Hall–Kier alpha value is -4.30. The van der Waals surface area contributed by atoms with Crippen LogP contribution in [0, 0.1) is 0 Å². The number of fused-ring (bicyclic) bond motifs is 3. The van der Waals surface area contributed by atoms with Crippen LogP contribution < -0.4 is 4.90 Å². The van der Waals surface area contributed by atoms with Gasteiger partial charge in [0.05, 0.1) is 11.0 Å². The molecular weight excluding hydrogens is 436 g/mol. The number of aromatic nitrogens is 1. The first-order chi connectivity index (χ1) is 17.7. The molecule has 6 rings (SSSR count). The fraction of sp³-hybridized carbons (Fsp3) is 0.118. The average Bonchev–Trinajstić information content (AvgIpc) is 3.28. The summed E-state index contributed by atoms with van der Waals surface area (Å²) in [5, 5.41) is 2.52. The monoisotopic (exact) mass is 466 g/mol. The number of rotatable bonds is 6. The summed E-state index contributed by atoms with van der Waals surface area (Å²) >= 11 is 0. The van der Waals surface area contributed by atoms with E-state index in [2.05, 4.69) is 151 Å². The van der Waals surface area contributed by atoms with E-state index in [1.807, 2.05) is 0 Å². The van der Waals surface area contributed by atoms with E-state index >= 15 is 0 Å². The molecule has 0 aliphatic heterocycles. The van der Waals surface area contributed by atoms with E-state index in [0.717, 1.165) is 17.8 Å². The van der Waals surface area contributed by atoms with Crippen LogP contribution in [-0.4, -0.2) is 4.57 Å². The van der Waals surface area contributed by atoms with Gasteiger partial charge in [-0.25, -0.2) is 0 Å². The maximum atomic E-state index is 2.36. The van der Waals surface area contributed by atoms with Crippen molar-refractivity contribution in [2.45, 2.75) is 26.2 Å². The molecule has 2 nitrogen and oxygen atoms in total. The van der Waals surface area contributed by atoms with Crippen LogP contribution in [-0.2, 0) is 0 Å². The topological polar surface area (TPSA) is 8.17 Å². The summed E-state index contributed by atoms with van der Waals surface area (Å²) in [4.78, 5) is 2.36. The van der Waals surface area contributed by atoms with Crippen LogP contribution in [0.2, 0.25) is 0 Å². The second kappa shape index (κ2) is 9.39. The van der Waals surface area contributed by atoms with Gasteiger partial charge in [0.2, 0.25) is 0 Å². The highest BCUT2D eigenvalue weighted by molar-refractivity contribution is 6.10. The van der Waals surface area contributed by atoms with Gasteiger partial charge in [0.25, 0.3) is 0 Å². The van der Waals surface area contributed by atoms with Crippen molar-refractivity contribution in [2.75, 3.05) is 4.90 Å². The van der Waals surface area contributed by atoms with E-state index in [9.17, 15) is 0 Å². The number of benzene rings is 5.